The lowest BCUT2D eigenvalue weighted by Gasteiger charge is -2.19. The largest absolute Gasteiger partial charge is 0.314 e. The van der Waals surface area contributed by atoms with Crippen LogP contribution in [0.4, 0.5) is 0 Å². The highest BCUT2D eigenvalue weighted by Gasteiger charge is 2.13. The van der Waals surface area contributed by atoms with Gasteiger partial charge < -0.3 is 5.32 Å². The zero-order chi connectivity index (χ0) is 12.7. The van der Waals surface area contributed by atoms with Crippen LogP contribution in [0.15, 0.2) is 0 Å². The van der Waals surface area contributed by atoms with Crippen LogP contribution in [0.5, 0.6) is 0 Å². The summed E-state index contributed by atoms with van der Waals surface area (Å²) in [7, 11) is 0. The first-order valence-electron chi connectivity index (χ1n) is 6.70. The fourth-order valence-corrected chi connectivity index (χ4v) is 2.69. The Kier molecular flexibility index (Phi) is 6.66. The molecule has 0 saturated carbocycles. The molecule has 1 N–H and O–H groups in total. The lowest BCUT2D eigenvalue weighted by atomic mass is 10.0. The van der Waals surface area contributed by atoms with E-state index in [1.807, 2.05) is 0 Å². The molecule has 0 spiro atoms. The molecule has 1 heterocycles. The van der Waals surface area contributed by atoms with E-state index in [0.29, 0.717) is 6.04 Å². The van der Waals surface area contributed by atoms with E-state index in [1.165, 1.54) is 17.8 Å². The minimum atomic E-state index is 0.549. The van der Waals surface area contributed by atoms with Crippen molar-refractivity contribution in [2.24, 2.45) is 5.92 Å². The lowest BCUT2D eigenvalue weighted by Crippen LogP contribution is -2.33. The van der Waals surface area contributed by atoms with Crippen LogP contribution in [-0.2, 0) is 12.8 Å². The van der Waals surface area contributed by atoms with Gasteiger partial charge in [0, 0.05) is 18.9 Å². The SMILES string of the molecule is CCCNC(Cc1nc(CC)ns1)CC(C)C. The van der Waals surface area contributed by atoms with Crippen molar-refractivity contribution in [3.8, 4) is 0 Å². The molecule has 1 atom stereocenters. The molecule has 0 amide bonds. The Balaban J connectivity index is 2.51. The fourth-order valence-electron chi connectivity index (χ4n) is 1.88. The maximum absolute atomic E-state index is 4.55. The summed E-state index contributed by atoms with van der Waals surface area (Å²) in [4.78, 5) is 4.55. The molecule has 0 aliphatic carbocycles. The predicted molar refractivity (Wildman–Crippen MR) is 74.5 cm³/mol. The van der Waals surface area contributed by atoms with Crippen LogP contribution in [0.2, 0.25) is 0 Å². The van der Waals surface area contributed by atoms with E-state index in [0.717, 1.165) is 31.1 Å². The van der Waals surface area contributed by atoms with E-state index in [9.17, 15) is 0 Å². The van der Waals surface area contributed by atoms with Crippen LogP contribution < -0.4 is 5.32 Å². The minimum Gasteiger partial charge on any atom is -0.314 e. The molecule has 0 aliphatic heterocycles. The normalized spacial score (nSPS) is 13.2. The highest BCUT2D eigenvalue weighted by molar-refractivity contribution is 7.05. The molecule has 0 saturated heterocycles. The number of aryl methyl sites for hydroxylation is 1. The summed E-state index contributed by atoms with van der Waals surface area (Å²) in [5.74, 6) is 1.71. The topological polar surface area (TPSA) is 37.8 Å². The van der Waals surface area contributed by atoms with Crippen LogP contribution in [0.3, 0.4) is 0 Å². The summed E-state index contributed by atoms with van der Waals surface area (Å²) in [6.45, 7) is 9.96. The van der Waals surface area contributed by atoms with Gasteiger partial charge in [-0.05, 0) is 36.8 Å². The third-order valence-corrected chi connectivity index (χ3v) is 3.46. The van der Waals surface area contributed by atoms with Crippen molar-refractivity contribution in [1.82, 2.24) is 14.7 Å². The number of hydrogen-bond donors (Lipinski definition) is 1. The Morgan fingerprint density at radius 2 is 2.06 bits per heavy atom. The smallest absolute Gasteiger partial charge is 0.142 e. The van der Waals surface area contributed by atoms with Gasteiger partial charge in [-0.15, -0.1) is 0 Å². The number of nitrogens with zero attached hydrogens (tertiary/aromatic N) is 2. The molecule has 1 aromatic heterocycles. The zero-order valence-corrected chi connectivity index (χ0v) is 12.3. The van der Waals surface area contributed by atoms with Gasteiger partial charge in [0.05, 0.1) is 0 Å². The molecular weight excluding hydrogens is 230 g/mol. The van der Waals surface area contributed by atoms with Crippen LogP contribution in [0.25, 0.3) is 0 Å². The molecule has 0 aliphatic rings. The highest BCUT2D eigenvalue weighted by Crippen LogP contribution is 2.13. The van der Waals surface area contributed by atoms with Crippen molar-refractivity contribution >= 4 is 11.5 Å². The molecule has 0 aromatic carbocycles. The molecule has 0 radical (unpaired) electrons. The molecule has 17 heavy (non-hydrogen) atoms. The lowest BCUT2D eigenvalue weighted by molar-refractivity contribution is 0.415. The van der Waals surface area contributed by atoms with E-state index in [1.54, 1.807) is 11.5 Å². The van der Waals surface area contributed by atoms with Gasteiger partial charge in [-0.3, -0.25) is 0 Å². The summed E-state index contributed by atoms with van der Waals surface area (Å²) in [5.41, 5.74) is 0. The maximum Gasteiger partial charge on any atom is 0.142 e. The van der Waals surface area contributed by atoms with E-state index in [-0.39, 0.29) is 0 Å². The third kappa shape index (κ3) is 5.59. The van der Waals surface area contributed by atoms with Gasteiger partial charge in [0.1, 0.15) is 10.8 Å². The zero-order valence-electron chi connectivity index (χ0n) is 11.5. The van der Waals surface area contributed by atoms with E-state index >= 15 is 0 Å². The second-order valence-electron chi connectivity index (χ2n) is 4.94. The molecule has 1 unspecified atom stereocenters. The molecular formula is C13H25N3S. The van der Waals surface area contributed by atoms with Crippen LogP contribution >= 0.6 is 11.5 Å². The number of rotatable bonds is 8. The second-order valence-corrected chi connectivity index (χ2v) is 5.78. The van der Waals surface area contributed by atoms with Gasteiger partial charge in [-0.2, -0.15) is 4.37 Å². The number of nitrogens with one attached hydrogen (secondary N) is 1. The first-order chi connectivity index (χ1) is 8.15. The van der Waals surface area contributed by atoms with E-state index < -0.39 is 0 Å². The van der Waals surface area contributed by atoms with Crippen molar-refractivity contribution < 1.29 is 0 Å². The van der Waals surface area contributed by atoms with Crippen LogP contribution in [0, 0.1) is 5.92 Å². The summed E-state index contributed by atoms with van der Waals surface area (Å²) in [6, 6.07) is 0.549. The van der Waals surface area contributed by atoms with Crippen molar-refractivity contribution in [2.45, 2.75) is 59.4 Å². The van der Waals surface area contributed by atoms with Crippen molar-refractivity contribution in [1.29, 1.82) is 0 Å². The quantitative estimate of drug-likeness (QED) is 0.776. The molecule has 1 aromatic rings. The maximum atomic E-state index is 4.55. The van der Waals surface area contributed by atoms with Crippen LogP contribution in [0.1, 0.15) is 51.4 Å². The Morgan fingerprint density at radius 1 is 1.29 bits per heavy atom. The molecule has 3 nitrogen and oxygen atoms in total. The van der Waals surface area contributed by atoms with Gasteiger partial charge in [0.25, 0.3) is 0 Å². The van der Waals surface area contributed by atoms with Crippen molar-refractivity contribution in [3.63, 3.8) is 0 Å². The standard InChI is InChI=1S/C13H25N3S/c1-5-7-14-11(8-10(3)4)9-13-15-12(6-2)16-17-13/h10-11,14H,5-9H2,1-4H3. The summed E-state index contributed by atoms with van der Waals surface area (Å²) in [5, 5.41) is 4.79. The van der Waals surface area contributed by atoms with E-state index in [2.05, 4.69) is 42.4 Å². The number of hydrogen-bond acceptors (Lipinski definition) is 4. The minimum absolute atomic E-state index is 0.549. The Labute approximate surface area is 109 Å². The van der Waals surface area contributed by atoms with Gasteiger partial charge >= 0.3 is 0 Å². The summed E-state index contributed by atoms with van der Waals surface area (Å²) in [6.07, 6.45) is 4.36. The molecule has 4 heteroatoms. The first kappa shape index (κ1) is 14.6. The average Bonchev–Trinajstić information content (AvgIpc) is 2.73. The van der Waals surface area contributed by atoms with Gasteiger partial charge in [-0.1, -0.05) is 27.7 Å². The Morgan fingerprint density at radius 3 is 2.59 bits per heavy atom. The molecule has 1 rings (SSSR count). The van der Waals surface area contributed by atoms with Gasteiger partial charge in [-0.25, -0.2) is 4.98 Å². The van der Waals surface area contributed by atoms with Crippen LogP contribution in [-0.4, -0.2) is 21.9 Å². The molecule has 98 valence electrons. The summed E-state index contributed by atoms with van der Waals surface area (Å²) >= 11 is 1.56. The first-order valence-corrected chi connectivity index (χ1v) is 7.47. The average molecular weight is 255 g/mol. The van der Waals surface area contributed by atoms with Crippen molar-refractivity contribution in [3.05, 3.63) is 10.8 Å². The fraction of sp³-hybridized carbons (Fsp3) is 0.846. The Bertz CT molecular complexity index is 309. The predicted octanol–water partition coefficient (Wildman–Crippen LogP) is 3.06. The van der Waals surface area contributed by atoms with Gasteiger partial charge in [0.2, 0.25) is 0 Å². The number of aromatic nitrogens is 2. The van der Waals surface area contributed by atoms with E-state index in [4.69, 9.17) is 0 Å². The second kappa shape index (κ2) is 7.77. The monoisotopic (exact) mass is 255 g/mol. The van der Waals surface area contributed by atoms with Crippen molar-refractivity contribution in [2.75, 3.05) is 6.54 Å². The molecule has 0 bridgehead atoms. The Hall–Kier alpha value is -0.480. The third-order valence-electron chi connectivity index (χ3n) is 2.69. The molecule has 0 fully saturated rings. The van der Waals surface area contributed by atoms with Gasteiger partial charge in [0.15, 0.2) is 0 Å². The highest BCUT2D eigenvalue weighted by atomic mass is 32.1. The summed E-state index contributed by atoms with van der Waals surface area (Å²) < 4.78 is 4.35.